The summed E-state index contributed by atoms with van der Waals surface area (Å²) in [6.45, 7) is 1.67. The smallest absolute Gasteiger partial charge is 0.335 e. The Bertz CT molecular complexity index is 915. The lowest BCUT2D eigenvalue weighted by atomic mass is 10.0. The molecule has 0 bridgehead atoms. The molecule has 124 valence electrons. The number of benzene rings is 1. The Kier molecular flexibility index (Phi) is 3.65. The van der Waals surface area contributed by atoms with Crippen molar-refractivity contribution in [3.63, 3.8) is 0 Å². The lowest BCUT2D eigenvalue weighted by Gasteiger charge is -2.18. The molecule has 2 aliphatic heterocycles. The van der Waals surface area contributed by atoms with Crippen molar-refractivity contribution in [2.75, 3.05) is 19.6 Å². The van der Waals surface area contributed by atoms with Crippen LogP contribution in [0.5, 0.6) is 0 Å². The van der Waals surface area contributed by atoms with Crippen LogP contribution < -0.4 is 0 Å². The minimum absolute atomic E-state index is 0.0388. The fourth-order valence-corrected chi connectivity index (χ4v) is 3.19. The van der Waals surface area contributed by atoms with Crippen LogP contribution in [0.1, 0.15) is 26.3 Å². The van der Waals surface area contributed by atoms with Crippen molar-refractivity contribution in [1.82, 2.24) is 9.88 Å². The highest BCUT2D eigenvalue weighted by molar-refractivity contribution is 6.16. The van der Waals surface area contributed by atoms with E-state index in [4.69, 9.17) is 5.11 Å². The molecule has 0 radical (unpaired) electrons. The van der Waals surface area contributed by atoms with Gasteiger partial charge < -0.3 is 10.0 Å². The molecule has 2 aliphatic rings. The first-order valence-electron chi connectivity index (χ1n) is 7.92. The van der Waals surface area contributed by atoms with Crippen LogP contribution in [0.3, 0.4) is 0 Å². The number of rotatable bonds is 3. The van der Waals surface area contributed by atoms with E-state index >= 15 is 0 Å². The van der Waals surface area contributed by atoms with E-state index in [2.05, 4.69) is 9.98 Å². The molecule has 4 rings (SSSR count). The summed E-state index contributed by atoms with van der Waals surface area (Å²) in [5.74, 6) is -0.989. The topological polar surface area (TPSA) is 82.9 Å². The van der Waals surface area contributed by atoms with Crippen LogP contribution in [0.4, 0.5) is 0 Å². The molecule has 1 aromatic carbocycles. The number of pyridine rings is 1. The Balaban J connectivity index is 1.53. The van der Waals surface area contributed by atoms with Gasteiger partial charge in [0.15, 0.2) is 0 Å². The zero-order chi connectivity index (χ0) is 17.4. The van der Waals surface area contributed by atoms with Crippen LogP contribution in [0, 0.1) is 0 Å². The third kappa shape index (κ3) is 2.71. The summed E-state index contributed by atoms with van der Waals surface area (Å²) >= 11 is 0. The monoisotopic (exact) mass is 333 g/mol. The maximum absolute atomic E-state index is 12.6. The van der Waals surface area contributed by atoms with Crippen LogP contribution in [0.2, 0.25) is 0 Å². The van der Waals surface area contributed by atoms with Crippen molar-refractivity contribution in [1.29, 1.82) is 0 Å². The molecule has 25 heavy (non-hydrogen) atoms. The first kappa shape index (κ1) is 15.3. The Hall–Kier alpha value is -3.28. The lowest BCUT2D eigenvalue weighted by molar-refractivity contribution is 0.0696. The van der Waals surface area contributed by atoms with E-state index in [0.29, 0.717) is 25.2 Å². The molecule has 3 heterocycles. The number of carbonyl (C=O) groups is 2. The molecule has 0 spiro atoms. The number of carboxylic acid groups (broad SMARTS) is 1. The first-order valence-corrected chi connectivity index (χ1v) is 7.92. The molecule has 2 aromatic rings. The molecule has 1 aromatic heterocycles. The van der Waals surface area contributed by atoms with E-state index in [1.165, 1.54) is 0 Å². The highest BCUT2D eigenvalue weighted by atomic mass is 16.4. The maximum Gasteiger partial charge on any atom is 0.335 e. The largest absolute Gasteiger partial charge is 0.478 e. The van der Waals surface area contributed by atoms with E-state index in [-0.39, 0.29) is 11.5 Å². The summed E-state index contributed by atoms with van der Waals surface area (Å²) in [5.41, 5.74) is 4.78. The summed E-state index contributed by atoms with van der Waals surface area (Å²) in [7, 11) is 0. The van der Waals surface area contributed by atoms with Gasteiger partial charge in [0.1, 0.15) is 0 Å². The van der Waals surface area contributed by atoms with Crippen LogP contribution in [-0.4, -0.2) is 52.2 Å². The molecule has 0 saturated heterocycles. The van der Waals surface area contributed by atoms with Crippen molar-refractivity contribution < 1.29 is 14.7 Å². The second-order valence-corrected chi connectivity index (χ2v) is 6.03. The summed E-state index contributed by atoms with van der Waals surface area (Å²) in [4.78, 5) is 33.9. The van der Waals surface area contributed by atoms with Crippen molar-refractivity contribution in [3.05, 3.63) is 76.6 Å². The van der Waals surface area contributed by atoms with Gasteiger partial charge in [-0.2, -0.15) is 0 Å². The lowest BCUT2D eigenvalue weighted by Crippen LogP contribution is -2.31. The number of nitrogens with zero attached hydrogens (tertiary/aromatic N) is 3. The number of hydrogen-bond acceptors (Lipinski definition) is 4. The second kappa shape index (κ2) is 5.98. The second-order valence-electron chi connectivity index (χ2n) is 6.03. The molecule has 0 fully saturated rings. The normalized spacial score (nSPS) is 16.0. The van der Waals surface area contributed by atoms with Gasteiger partial charge in [0.25, 0.3) is 5.91 Å². The van der Waals surface area contributed by atoms with Crippen LogP contribution >= 0.6 is 0 Å². The van der Waals surface area contributed by atoms with Crippen LogP contribution in [-0.2, 0) is 0 Å². The number of aromatic carboxylic acids is 1. The average Bonchev–Trinajstić information content (AvgIpc) is 3.22. The van der Waals surface area contributed by atoms with Crippen molar-refractivity contribution >= 4 is 17.6 Å². The Morgan fingerprint density at radius 3 is 2.52 bits per heavy atom. The zero-order valence-corrected chi connectivity index (χ0v) is 13.3. The fourth-order valence-electron chi connectivity index (χ4n) is 3.19. The molecule has 0 saturated carbocycles. The summed E-state index contributed by atoms with van der Waals surface area (Å²) in [5, 5.41) is 9.01. The van der Waals surface area contributed by atoms with Gasteiger partial charge in [-0.05, 0) is 29.8 Å². The predicted molar refractivity (Wildman–Crippen MR) is 92.0 cm³/mol. The minimum Gasteiger partial charge on any atom is -0.478 e. The van der Waals surface area contributed by atoms with Gasteiger partial charge in [0, 0.05) is 36.6 Å². The Morgan fingerprint density at radius 1 is 1.04 bits per heavy atom. The van der Waals surface area contributed by atoms with E-state index in [9.17, 15) is 9.59 Å². The molecular weight excluding hydrogens is 318 g/mol. The third-order valence-corrected chi connectivity index (χ3v) is 4.47. The SMILES string of the molecule is O=C(O)c1ccc(C2=NCC3=C2CN(C(=O)c2cccnc2)C3)cc1. The molecule has 0 aliphatic carbocycles. The van der Waals surface area contributed by atoms with E-state index in [0.717, 1.165) is 22.4 Å². The number of aliphatic imine (C=N–C) groups is 1. The van der Waals surface area contributed by atoms with Crippen molar-refractivity contribution in [2.45, 2.75) is 0 Å². The number of carboxylic acids is 1. The number of aromatic nitrogens is 1. The van der Waals surface area contributed by atoms with Gasteiger partial charge in [0.05, 0.1) is 23.4 Å². The van der Waals surface area contributed by atoms with Crippen LogP contribution in [0.25, 0.3) is 0 Å². The van der Waals surface area contributed by atoms with Gasteiger partial charge in [-0.1, -0.05) is 12.1 Å². The molecule has 0 atom stereocenters. The van der Waals surface area contributed by atoms with E-state index in [1.54, 1.807) is 53.7 Å². The predicted octanol–water partition coefficient (Wildman–Crippen LogP) is 2.04. The molecular formula is C19H15N3O3. The van der Waals surface area contributed by atoms with Gasteiger partial charge in [-0.15, -0.1) is 0 Å². The number of amides is 1. The Labute approximate surface area is 144 Å². The molecule has 0 unspecified atom stereocenters. The molecule has 1 N–H and O–H groups in total. The number of carbonyl (C=O) groups excluding carboxylic acids is 1. The standard InChI is InChI=1S/C19H15N3O3/c23-18(14-2-1-7-20-8-14)22-10-15-9-21-17(16(15)11-22)12-3-5-13(6-4-12)19(24)25/h1-8H,9-11H2,(H,24,25). The van der Waals surface area contributed by atoms with Crippen molar-refractivity contribution in [2.24, 2.45) is 4.99 Å². The molecule has 6 heteroatoms. The highest BCUT2D eigenvalue weighted by Crippen LogP contribution is 2.28. The minimum atomic E-state index is -0.950. The molecule has 6 nitrogen and oxygen atoms in total. The van der Waals surface area contributed by atoms with Crippen molar-refractivity contribution in [3.8, 4) is 0 Å². The summed E-state index contributed by atoms with van der Waals surface area (Å²) < 4.78 is 0. The first-order chi connectivity index (χ1) is 12.1. The third-order valence-electron chi connectivity index (χ3n) is 4.47. The highest BCUT2D eigenvalue weighted by Gasteiger charge is 2.32. The maximum atomic E-state index is 12.6. The molecule has 1 amide bonds. The fraction of sp³-hybridized carbons (Fsp3) is 0.158. The quantitative estimate of drug-likeness (QED) is 0.932. The van der Waals surface area contributed by atoms with E-state index < -0.39 is 5.97 Å². The van der Waals surface area contributed by atoms with Gasteiger partial charge >= 0.3 is 5.97 Å². The zero-order valence-electron chi connectivity index (χ0n) is 13.3. The number of hydrogen-bond donors (Lipinski definition) is 1. The van der Waals surface area contributed by atoms with E-state index in [1.807, 2.05) is 0 Å². The van der Waals surface area contributed by atoms with Gasteiger partial charge in [0.2, 0.25) is 0 Å². The van der Waals surface area contributed by atoms with Gasteiger partial charge in [-0.25, -0.2) is 4.79 Å². The summed E-state index contributed by atoms with van der Waals surface area (Å²) in [6.07, 6.45) is 3.22. The Morgan fingerprint density at radius 2 is 1.84 bits per heavy atom. The van der Waals surface area contributed by atoms with Gasteiger partial charge in [-0.3, -0.25) is 14.8 Å². The average molecular weight is 333 g/mol. The van der Waals surface area contributed by atoms with Crippen LogP contribution in [0.15, 0.2) is 64.9 Å². The summed E-state index contributed by atoms with van der Waals surface area (Å²) in [6, 6.07) is 10.2.